The first-order valence-corrected chi connectivity index (χ1v) is 8.47. The average molecular weight is 466 g/mol. The molecule has 0 aliphatic rings. The fourth-order valence-corrected chi connectivity index (χ4v) is 2.30. The molecule has 0 saturated carbocycles. The summed E-state index contributed by atoms with van der Waals surface area (Å²) in [6.07, 6.45) is 0. The second kappa shape index (κ2) is 11.5. The molecule has 0 atom stereocenters. The highest BCUT2D eigenvalue weighted by atomic mass is 127. The smallest absolute Gasteiger partial charge is 0.253 e. The number of guanidine groups is 1. The summed E-state index contributed by atoms with van der Waals surface area (Å²) < 4.78 is 0. The van der Waals surface area contributed by atoms with Crippen LogP contribution in [0.3, 0.4) is 0 Å². The standard InChI is InChI=1S/C20H26N4O.HI/c1-4-21-20(22-14-16-8-6-5-7-9-16)23-15-17-10-12-18(13-11-17)19(25)24(2)3;/h5-13H,4,14-15H2,1-3H3,(H2,21,22,23);1H. The van der Waals surface area contributed by atoms with E-state index in [-0.39, 0.29) is 29.9 Å². The molecule has 0 aromatic heterocycles. The van der Waals surface area contributed by atoms with E-state index in [1.807, 2.05) is 49.4 Å². The molecule has 0 unspecified atom stereocenters. The number of hydrogen-bond acceptors (Lipinski definition) is 2. The summed E-state index contributed by atoms with van der Waals surface area (Å²) >= 11 is 0. The normalized spacial score (nSPS) is 10.7. The van der Waals surface area contributed by atoms with E-state index in [9.17, 15) is 4.79 Å². The van der Waals surface area contributed by atoms with E-state index in [0.717, 1.165) is 18.1 Å². The van der Waals surface area contributed by atoms with Gasteiger partial charge in [-0.3, -0.25) is 4.79 Å². The van der Waals surface area contributed by atoms with Crippen LogP contribution < -0.4 is 10.6 Å². The number of carbonyl (C=O) groups is 1. The first-order chi connectivity index (χ1) is 12.1. The van der Waals surface area contributed by atoms with Gasteiger partial charge in [0.15, 0.2) is 5.96 Å². The molecule has 0 heterocycles. The van der Waals surface area contributed by atoms with Crippen molar-refractivity contribution in [1.29, 1.82) is 0 Å². The van der Waals surface area contributed by atoms with Gasteiger partial charge in [0.1, 0.15) is 0 Å². The van der Waals surface area contributed by atoms with Crippen LogP contribution in [0.25, 0.3) is 0 Å². The first kappa shape index (κ1) is 22.0. The van der Waals surface area contributed by atoms with E-state index in [0.29, 0.717) is 18.7 Å². The minimum Gasteiger partial charge on any atom is -0.357 e. The highest BCUT2D eigenvalue weighted by Crippen LogP contribution is 2.06. The van der Waals surface area contributed by atoms with Crippen LogP contribution in [0.1, 0.15) is 28.4 Å². The summed E-state index contributed by atoms with van der Waals surface area (Å²) in [5.41, 5.74) is 2.96. The molecule has 5 nitrogen and oxygen atoms in total. The third kappa shape index (κ3) is 7.03. The van der Waals surface area contributed by atoms with E-state index >= 15 is 0 Å². The van der Waals surface area contributed by atoms with Gasteiger partial charge in [-0.2, -0.15) is 0 Å². The summed E-state index contributed by atoms with van der Waals surface area (Å²) in [6.45, 7) is 4.13. The topological polar surface area (TPSA) is 56.7 Å². The summed E-state index contributed by atoms with van der Waals surface area (Å²) in [7, 11) is 3.51. The van der Waals surface area contributed by atoms with Crippen molar-refractivity contribution in [3.05, 3.63) is 71.3 Å². The van der Waals surface area contributed by atoms with Crippen molar-refractivity contribution in [2.75, 3.05) is 20.6 Å². The van der Waals surface area contributed by atoms with Crippen LogP contribution in [0.2, 0.25) is 0 Å². The zero-order chi connectivity index (χ0) is 18.1. The SMILES string of the molecule is CCNC(=NCc1ccccc1)NCc1ccc(C(=O)N(C)C)cc1.I. The van der Waals surface area contributed by atoms with E-state index in [4.69, 9.17) is 0 Å². The third-order valence-corrected chi connectivity index (χ3v) is 3.67. The lowest BCUT2D eigenvalue weighted by Gasteiger charge is -2.13. The van der Waals surface area contributed by atoms with Gasteiger partial charge in [-0.25, -0.2) is 4.99 Å². The Morgan fingerprint density at radius 3 is 2.19 bits per heavy atom. The van der Waals surface area contributed by atoms with Crippen LogP contribution in [-0.4, -0.2) is 37.4 Å². The van der Waals surface area contributed by atoms with E-state index in [2.05, 4.69) is 27.8 Å². The van der Waals surface area contributed by atoms with Gasteiger partial charge >= 0.3 is 0 Å². The maximum atomic E-state index is 11.9. The van der Waals surface area contributed by atoms with Gasteiger partial charge in [-0.15, -0.1) is 24.0 Å². The average Bonchev–Trinajstić information content (AvgIpc) is 2.64. The fourth-order valence-electron chi connectivity index (χ4n) is 2.30. The van der Waals surface area contributed by atoms with Gasteiger partial charge in [0.2, 0.25) is 0 Å². The Morgan fingerprint density at radius 1 is 0.962 bits per heavy atom. The van der Waals surface area contributed by atoms with Crippen molar-refractivity contribution in [2.45, 2.75) is 20.0 Å². The van der Waals surface area contributed by atoms with Gasteiger partial charge < -0.3 is 15.5 Å². The number of hydrogen-bond donors (Lipinski definition) is 2. The van der Waals surface area contributed by atoms with Crippen LogP contribution in [0.5, 0.6) is 0 Å². The molecule has 2 aromatic carbocycles. The van der Waals surface area contributed by atoms with Crippen molar-refractivity contribution in [3.63, 3.8) is 0 Å². The largest absolute Gasteiger partial charge is 0.357 e. The van der Waals surface area contributed by atoms with Crippen LogP contribution in [-0.2, 0) is 13.1 Å². The molecule has 1 amide bonds. The number of benzene rings is 2. The van der Waals surface area contributed by atoms with E-state index in [1.165, 1.54) is 5.56 Å². The van der Waals surface area contributed by atoms with Gasteiger partial charge in [0.25, 0.3) is 5.91 Å². The number of halogens is 1. The summed E-state index contributed by atoms with van der Waals surface area (Å²) in [5.74, 6) is 0.789. The minimum atomic E-state index is 0. The van der Waals surface area contributed by atoms with Crippen LogP contribution in [0.4, 0.5) is 0 Å². The molecule has 0 radical (unpaired) electrons. The number of nitrogens with zero attached hydrogens (tertiary/aromatic N) is 2. The Kier molecular flexibility index (Phi) is 9.72. The highest BCUT2D eigenvalue weighted by molar-refractivity contribution is 14.0. The van der Waals surface area contributed by atoms with Crippen LogP contribution in [0.15, 0.2) is 59.6 Å². The van der Waals surface area contributed by atoms with Crippen molar-refractivity contribution < 1.29 is 4.79 Å². The lowest BCUT2D eigenvalue weighted by atomic mass is 10.1. The Labute approximate surface area is 172 Å². The van der Waals surface area contributed by atoms with E-state index in [1.54, 1.807) is 19.0 Å². The molecule has 0 bridgehead atoms. The first-order valence-electron chi connectivity index (χ1n) is 8.47. The molecule has 0 aliphatic carbocycles. The predicted octanol–water partition coefficient (Wildman–Crippen LogP) is 3.26. The monoisotopic (exact) mass is 466 g/mol. The molecule has 26 heavy (non-hydrogen) atoms. The lowest BCUT2D eigenvalue weighted by molar-refractivity contribution is 0.0827. The lowest BCUT2D eigenvalue weighted by Crippen LogP contribution is -2.36. The van der Waals surface area contributed by atoms with Gasteiger partial charge in [0.05, 0.1) is 6.54 Å². The summed E-state index contributed by atoms with van der Waals surface area (Å²) in [4.78, 5) is 18.1. The number of aliphatic imine (C=N–C) groups is 1. The zero-order valence-corrected chi connectivity index (χ0v) is 17.9. The molecule has 140 valence electrons. The maximum absolute atomic E-state index is 11.9. The van der Waals surface area contributed by atoms with Gasteiger partial charge in [-0.1, -0.05) is 42.5 Å². The van der Waals surface area contributed by atoms with Gasteiger partial charge in [0, 0.05) is 32.7 Å². The number of rotatable bonds is 6. The van der Waals surface area contributed by atoms with Crippen molar-refractivity contribution >= 4 is 35.8 Å². The molecule has 0 fully saturated rings. The highest BCUT2D eigenvalue weighted by Gasteiger charge is 2.07. The number of amides is 1. The second-order valence-corrected chi connectivity index (χ2v) is 5.93. The number of nitrogens with one attached hydrogen (secondary N) is 2. The van der Waals surface area contributed by atoms with Gasteiger partial charge in [-0.05, 0) is 30.2 Å². The maximum Gasteiger partial charge on any atom is 0.253 e. The molecular formula is C20H27IN4O. The quantitative estimate of drug-likeness (QED) is 0.391. The molecule has 0 spiro atoms. The van der Waals surface area contributed by atoms with E-state index < -0.39 is 0 Å². The molecule has 0 aliphatic heterocycles. The molecule has 2 rings (SSSR count). The Hall–Kier alpha value is -2.09. The third-order valence-electron chi connectivity index (χ3n) is 3.67. The Balaban J connectivity index is 0.00000338. The van der Waals surface area contributed by atoms with Crippen molar-refractivity contribution in [2.24, 2.45) is 4.99 Å². The number of carbonyl (C=O) groups excluding carboxylic acids is 1. The van der Waals surface area contributed by atoms with Crippen LogP contribution in [0, 0.1) is 0 Å². The van der Waals surface area contributed by atoms with Crippen molar-refractivity contribution in [1.82, 2.24) is 15.5 Å². The minimum absolute atomic E-state index is 0. The van der Waals surface area contributed by atoms with Crippen molar-refractivity contribution in [3.8, 4) is 0 Å². The Morgan fingerprint density at radius 2 is 1.62 bits per heavy atom. The molecule has 2 N–H and O–H groups in total. The predicted molar refractivity (Wildman–Crippen MR) is 118 cm³/mol. The zero-order valence-electron chi connectivity index (χ0n) is 15.5. The Bertz CT molecular complexity index is 700. The molecule has 2 aromatic rings. The van der Waals surface area contributed by atoms with Crippen LogP contribution >= 0.6 is 24.0 Å². The molecule has 6 heteroatoms. The molecular weight excluding hydrogens is 439 g/mol. The second-order valence-electron chi connectivity index (χ2n) is 5.93. The summed E-state index contributed by atoms with van der Waals surface area (Å²) in [5, 5.41) is 6.57. The fraction of sp³-hybridized carbons (Fsp3) is 0.300. The molecule has 0 saturated heterocycles. The summed E-state index contributed by atoms with van der Waals surface area (Å²) in [6, 6.07) is 17.8.